The number of pyridine rings is 1. The number of aryl methyl sites for hydroxylation is 1. The first-order chi connectivity index (χ1) is 6.61. The average Bonchev–Trinajstić information content (AvgIpc) is 2.16. The lowest BCUT2D eigenvalue weighted by Gasteiger charge is -2.05. The molecule has 4 heteroatoms. The average molecular weight is 230 g/mol. The van der Waals surface area contributed by atoms with E-state index in [1.807, 2.05) is 0 Å². The Balaban J connectivity index is 3.01. The molecule has 0 unspecified atom stereocenters. The van der Waals surface area contributed by atoms with Crippen LogP contribution in [0.4, 0.5) is 4.39 Å². The minimum Gasteiger partial charge on any atom is -0.254 e. The second kappa shape index (κ2) is 3.37. The van der Waals surface area contributed by atoms with Crippen molar-refractivity contribution in [2.75, 3.05) is 0 Å². The van der Waals surface area contributed by atoms with Crippen molar-refractivity contribution >= 4 is 34.1 Å². The summed E-state index contributed by atoms with van der Waals surface area (Å²) in [5, 5.41) is 1.07. The van der Waals surface area contributed by atoms with Gasteiger partial charge in [0.15, 0.2) is 0 Å². The molecule has 0 aliphatic rings. The van der Waals surface area contributed by atoms with E-state index >= 15 is 0 Å². The summed E-state index contributed by atoms with van der Waals surface area (Å²) in [5.41, 5.74) is 1.14. The monoisotopic (exact) mass is 229 g/mol. The third-order valence-corrected chi connectivity index (χ3v) is 2.82. The van der Waals surface area contributed by atoms with Gasteiger partial charge in [0, 0.05) is 6.20 Å². The Morgan fingerprint density at radius 1 is 1.29 bits per heavy atom. The Labute approximate surface area is 90.5 Å². The van der Waals surface area contributed by atoms with Crippen molar-refractivity contribution < 1.29 is 4.39 Å². The van der Waals surface area contributed by atoms with Gasteiger partial charge in [0.1, 0.15) is 5.82 Å². The zero-order valence-electron chi connectivity index (χ0n) is 7.31. The van der Waals surface area contributed by atoms with E-state index in [1.165, 1.54) is 12.1 Å². The predicted octanol–water partition coefficient (Wildman–Crippen LogP) is 3.99. The van der Waals surface area contributed by atoms with Gasteiger partial charge in [-0.3, -0.25) is 4.98 Å². The topological polar surface area (TPSA) is 12.9 Å². The number of benzene rings is 1. The molecule has 72 valence electrons. The van der Waals surface area contributed by atoms with Gasteiger partial charge in [0.25, 0.3) is 0 Å². The van der Waals surface area contributed by atoms with Crippen molar-refractivity contribution in [2.45, 2.75) is 6.92 Å². The Morgan fingerprint density at radius 3 is 2.71 bits per heavy atom. The molecule has 0 aliphatic heterocycles. The molecule has 0 saturated carbocycles. The van der Waals surface area contributed by atoms with E-state index in [0.29, 0.717) is 20.9 Å². The van der Waals surface area contributed by atoms with Crippen molar-refractivity contribution in [3.05, 3.63) is 39.8 Å². The number of hydrogen-bond donors (Lipinski definition) is 0. The van der Waals surface area contributed by atoms with E-state index < -0.39 is 5.82 Å². The molecule has 14 heavy (non-hydrogen) atoms. The number of rotatable bonds is 0. The standard InChI is InChI=1S/C10H6Cl2FN/c1-5-4-14-10-6(11)2-3-7(13)8(10)9(5)12/h2-4H,1H3. The zero-order chi connectivity index (χ0) is 10.3. The highest BCUT2D eigenvalue weighted by atomic mass is 35.5. The molecule has 0 N–H and O–H groups in total. The molecular weight excluding hydrogens is 224 g/mol. The van der Waals surface area contributed by atoms with Crippen LogP contribution in [0.5, 0.6) is 0 Å². The molecule has 0 atom stereocenters. The molecule has 0 spiro atoms. The Kier molecular flexibility index (Phi) is 2.33. The van der Waals surface area contributed by atoms with Gasteiger partial charge >= 0.3 is 0 Å². The minimum atomic E-state index is -0.398. The van der Waals surface area contributed by atoms with Gasteiger partial charge in [-0.1, -0.05) is 23.2 Å². The molecule has 0 radical (unpaired) electrons. The van der Waals surface area contributed by atoms with E-state index in [9.17, 15) is 4.39 Å². The molecular formula is C10H6Cl2FN. The molecule has 1 aromatic heterocycles. The van der Waals surface area contributed by atoms with Crippen LogP contribution in [-0.2, 0) is 0 Å². The number of halogens is 3. The van der Waals surface area contributed by atoms with Gasteiger partial charge in [-0.25, -0.2) is 4.39 Å². The lowest BCUT2D eigenvalue weighted by atomic mass is 10.1. The summed E-state index contributed by atoms with van der Waals surface area (Å²) in [6.45, 7) is 1.77. The summed E-state index contributed by atoms with van der Waals surface area (Å²) in [7, 11) is 0. The largest absolute Gasteiger partial charge is 0.254 e. The lowest BCUT2D eigenvalue weighted by Crippen LogP contribution is -1.88. The third kappa shape index (κ3) is 1.35. The second-order valence-electron chi connectivity index (χ2n) is 3.01. The fraction of sp³-hybridized carbons (Fsp3) is 0.100. The van der Waals surface area contributed by atoms with Crippen molar-refractivity contribution in [1.29, 1.82) is 0 Å². The number of hydrogen-bond acceptors (Lipinski definition) is 1. The summed E-state index contributed by atoms with van der Waals surface area (Å²) >= 11 is 11.8. The van der Waals surface area contributed by atoms with Gasteiger partial charge in [0.2, 0.25) is 0 Å². The van der Waals surface area contributed by atoms with Gasteiger partial charge in [-0.2, -0.15) is 0 Å². The van der Waals surface area contributed by atoms with Gasteiger partial charge in [0.05, 0.1) is 20.9 Å². The number of nitrogens with zero attached hydrogens (tertiary/aromatic N) is 1. The summed E-state index contributed by atoms with van der Waals surface area (Å²) in [5.74, 6) is -0.398. The second-order valence-corrected chi connectivity index (χ2v) is 3.79. The summed E-state index contributed by atoms with van der Waals surface area (Å²) in [4.78, 5) is 4.05. The van der Waals surface area contributed by atoms with Crippen molar-refractivity contribution in [3.8, 4) is 0 Å². The van der Waals surface area contributed by atoms with Crippen LogP contribution < -0.4 is 0 Å². The molecule has 0 amide bonds. The van der Waals surface area contributed by atoms with E-state index in [-0.39, 0.29) is 0 Å². The van der Waals surface area contributed by atoms with Crippen LogP contribution in [0.25, 0.3) is 10.9 Å². The van der Waals surface area contributed by atoms with Crippen LogP contribution in [0, 0.1) is 12.7 Å². The zero-order valence-corrected chi connectivity index (χ0v) is 8.83. The van der Waals surface area contributed by atoms with Gasteiger partial charge in [-0.05, 0) is 24.6 Å². The first-order valence-electron chi connectivity index (χ1n) is 4.00. The quantitative estimate of drug-likeness (QED) is 0.666. The molecule has 0 bridgehead atoms. The normalized spacial score (nSPS) is 10.9. The maximum atomic E-state index is 13.4. The molecule has 0 aliphatic carbocycles. The Hall–Kier alpha value is -0.860. The molecule has 1 heterocycles. The fourth-order valence-electron chi connectivity index (χ4n) is 1.29. The van der Waals surface area contributed by atoms with Crippen molar-refractivity contribution in [2.24, 2.45) is 0 Å². The highest BCUT2D eigenvalue weighted by Crippen LogP contribution is 2.31. The summed E-state index contributed by atoms with van der Waals surface area (Å²) < 4.78 is 13.4. The van der Waals surface area contributed by atoms with E-state index in [1.54, 1.807) is 13.1 Å². The van der Waals surface area contributed by atoms with Crippen LogP contribution in [0.15, 0.2) is 18.3 Å². The first-order valence-corrected chi connectivity index (χ1v) is 4.75. The smallest absolute Gasteiger partial charge is 0.134 e. The van der Waals surface area contributed by atoms with E-state index in [0.717, 1.165) is 5.56 Å². The van der Waals surface area contributed by atoms with E-state index in [4.69, 9.17) is 23.2 Å². The minimum absolute atomic E-state index is 0.291. The third-order valence-electron chi connectivity index (χ3n) is 2.03. The van der Waals surface area contributed by atoms with Crippen LogP contribution in [0.1, 0.15) is 5.56 Å². The highest BCUT2D eigenvalue weighted by molar-refractivity contribution is 6.39. The first kappa shape index (κ1) is 9.69. The Morgan fingerprint density at radius 2 is 2.00 bits per heavy atom. The summed E-state index contributed by atoms with van der Waals surface area (Å²) in [6.07, 6.45) is 1.58. The number of fused-ring (bicyclic) bond motifs is 1. The SMILES string of the molecule is Cc1cnc2c(Cl)ccc(F)c2c1Cl. The predicted molar refractivity (Wildman–Crippen MR) is 56.5 cm³/mol. The number of aromatic nitrogens is 1. The molecule has 2 aromatic rings. The molecule has 1 nitrogen and oxygen atoms in total. The lowest BCUT2D eigenvalue weighted by molar-refractivity contribution is 0.639. The van der Waals surface area contributed by atoms with Gasteiger partial charge in [-0.15, -0.1) is 0 Å². The fourth-order valence-corrected chi connectivity index (χ4v) is 1.73. The highest BCUT2D eigenvalue weighted by Gasteiger charge is 2.11. The van der Waals surface area contributed by atoms with Gasteiger partial charge < -0.3 is 0 Å². The van der Waals surface area contributed by atoms with Crippen LogP contribution in [-0.4, -0.2) is 4.98 Å². The van der Waals surface area contributed by atoms with Crippen molar-refractivity contribution in [1.82, 2.24) is 4.98 Å². The Bertz CT molecular complexity index is 511. The maximum Gasteiger partial charge on any atom is 0.134 e. The van der Waals surface area contributed by atoms with Crippen molar-refractivity contribution in [3.63, 3.8) is 0 Å². The van der Waals surface area contributed by atoms with Crippen LogP contribution in [0.3, 0.4) is 0 Å². The molecule has 2 rings (SSSR count). The van der Waals surface area contributed by atoms with E-state index in [2.05, 4.69) is 4.98 Å². The van der Waals surface area contributed by atoms with Crippen LogP contribution >= 0.6 is 23.2 Å². The summed E-state index contributed by atoms with van der Waals surface area (Å²) in [6, 6.07) is 2.76. The molecule has 1 aromatic carbocycles. The van der Waals surface area contributed by atoms with Crippen LogP contribution in [0.2, 0.25) is 10.0 Å². The molecule has 0 saturated heterocycles. The maximum absolute atomic E-state index is 13.4. The molecule has 0 fully saturated rings.